The van der Waals surface area contributed by atoms with Crippen LogP contribution >= 0.6 is 28.6 Å². The van der Waals surface area contributed by atoms with Crippen molar-refractivity contribution in [2.45, 2.75) is 20.8 Å². The van der Waals surface area contributed by atoms with E-state index >= 15 is 0 Å². The first-order valence-electron chi connectivity index (χ1n) is 4.06. The van der Waals surface area contributed by atoms with Gasteiger partial charge in [0.25, 0.3) is 0 Å². The maximum absolute atomic E-state index is 11.1. The third-order valence-corrected chi connectivity index (χ3v) is 2.61. The molecule has 0 aliphatic heterocycles. The third kappa shape index (κ3) is 3.20. The number of halogens is 2. The molecule has 0 radical (unpaired) electrons. The van der Waals surface area contributed by atoms with E-state index in [1.165, 1.54) is 0 Å². The highest BCUT2D eigenvalue weighted by atomic mass is 35.9. The van der Waals surface area contributed by atoms with E-state index in [0.29, 0.717) is 5.75 Å². The summed E-state index contributed by atoms with van der Waals surface area (Å²) in [5, 5.41) is 0. The minimum atomic E-state index is -3.51. The second kappa shape index (κ2) is 4.14. The Kier molecular flexibility index (Phi) is 3.52. The van der Waals surface area contributed by atoms with Gasteiger partial charge in [0.05, 0.1) is 0 Å². The Morgan fingerprint density at radius 3 is 1.93 bits per heavy atom. The van der Waals surface area contributed by atoms with Crippen LogP contribution in [0.25, 0.3) is 0 Å². The zero-order valence-electron chi connectivity index (χ0n) is 8.17. The first-order valence-corrected chi connectivity index (χ1v) is 7.50. The van der Waals surface area contributed by atoms with Crippen molar-refractivity contribution in [2.24, 2.45) is 0 Å². The van der Waals surface area contributed by atoms with Crippen LogP contribution < -0.4 is 4.52 Å². The highest BCUT2D eigenvalue weighted by Crippen LogP contribution is 2.58. The molecule has 0 heterocycles. The summed E-state index contributed by atoms with van der Waals surface area (Å²) in [4.78, 5) is 0. The first kappa shape index (κ1) is 11.9. The quantitative estimate of drug-likeness (QED) is 0.721. The monoisotopic (exact) mass is 252 g/mol. The zero-order chi connectivity index (χ0) is 10.9. The van der Waals surface area contributed by atoms with E-state index in [0.717, 1.165) is 16.7 Å². The van der Waals surface area contributed by atoms with Crippen LogP contribution in [0.1, 0.15) is 16.7 Å². The Hall–Kier alpha value is -0.170. The maximum atomic E-state index is 11.1. The second-order valence-electron chi connectivity index (χ2n) is 3.23. The van der Waals surface area contributed by atoms with Crippen LogP contribution in [0.3, 0.4) is 0 Å². The molecule has 14 heavy (non-hydrogen) atoms. The van der Waals surface area contributed by atoms with Gasteiger partial charge in [0.15, 0.2) is 0 Å². The molecular formula is C9H11Cl2O2P. The lowest BCUT2D eigenvalue weighted by Gasteiger charge is -2.12. The molecule has 0 fully saturated rings. The van der Waals surface area contributed by atoms with Gasteiger partial charge in [-0.25, -0.2) is 4.57 Å². The van der Waals surface area contributed by atoms with Crippen LogP contribution in [-0.4, -0.2) is 0 Å². The largest absolute Gasteiger partial charge is 0.428 e. The molecular weight excluding hydrogens is 242 g/mol. The third-order valence-electron chi connectivity index (χ3n) is 1.80. The van der Waals surface area contributed by atoms with Gasteiger partial charge in [0, 0.05) is 22.5 Å². The molecule has 0 saturated heterocycles. The van der Waals surface area contributed by atoms with Gasteiger partial charge in [0.1, 0.15) is 5.75 Å². The van der Waals surface area contributed by atoms with Crippen molar-refractivity contribution in [1.82, 2.24) is 0 Å². The lowest BCUT2D eigenvalue weighted by atomic mass is 10.1. The van der Waals surface area contributed by atoms with E-state index < -0.39 is 6.07 Å². The van der Waals surface area contributed by atoms with Crippen LogP contribution in [0.5, 0.6) is 5.75 Å². The predicted octanol–water partition coefficient (Wildman–Crippen LogP) is 4.58. The number of aryl methyl sites for hydroxylation is 3. The van der Waals surface area contributed by atoms with E-state index in [9.17, 15) is 4.57 Å². The molecule has 0 amide bonds. The zero-order valence-corrected chi connectivity index (χ0v) is 10.6. The molecule has 1 aromatic rings. The predicted molar refractivity (Wildman–Crippen MR) is 60.6 cm³/mol. The van der Waals surface area contributed by atoms with Crippen LogP contribution in [0, 0.1) is 20.8 Å². The van der Waals surface area contributed by atoms with Crippen LogP contribution in [0.4, 0.5) is 0 Å². The van der Waals surface area contributed by atoms with Gasteiger partial charge in [-0.1, -0.05) is 17.7 Å². The standard InChI is InChI=1S/C9H11Cl2O2P/c1-6-4-7(2)9(8(3)5-6)13-14(10,11)12/h4-5H,1-3H3. The molecule has 0 aromatic heterocycles. The molecule has 0 unspecified atom stereocenters. The van der Waals surface area contributed by atoms with Crippen molar-refractivity contribution in [3.63, 3.8) is 0 Å². The Balaban J connectivity index is 3.15. The van der Waals surface area contributed by atoms with Crippen molar-refractivity contribution in [2.75, 3.05) is 0 Å². The van der Waals surface area contributed by atoms with Gasteiger partial charge in [-0.2, -0.15) is 0 Å². The number of hydrogen-bond acceptors (Lipinski definition) is 2. The van der Waals surface area contributed by atoms with Crippen molar-refractivity contribution in [1.29, 1.82) is 0 Å². The van der Waals surface area contributed by atoms with Crippen molar-refractivity contribution >= 4 is 28.6 Å². The number of benzene rings is 1. The van der Waals surface area contributed by atoms with Gasteiger partial charge in [0.2, 0.25) is 0 Å². The summed E-state index contributed by atoms with van der Waals surface area (Å²) in [6, 6.07) is 3.84. The normalized spacial score (nSPS) is 11.5. The summed E-state index contributed by atoms with van der Waals surface area (Å²) >= 11 is 10.7. The van der Waals surface area contributed by atoms with Crippen molar-refractivity contribution < 1.29 is 9.09 Å². The summed E-state index contributed by atoms with van der Waals surface area (Å²) in [7, 11) is 0. The fourth-order valence-corrected chi connectivity index (χ4v) is 2.33. The topological polar surface area (TPSA) is 26.3 Å². The molecule has 78 valence electrons. The Labute approximate surface area is 93.2 Å². The molecule has 5 heteroatoms. The lowest BCUT2D eigenvalue weighted by molar-refractivity contribution is 0.509. The SMILES string of the molecule is Cc1cc(C)c(OP(=O)(Cl)Cl)c(C)c1. The second-order valence-corrected chi connectivity index (χ2v) is 7.43. The molecule has 0 aliphatic rings. The van der Waals surface area contributed by atoms with Gasteiger partial charge in [-0.15, -0.1) is 0 Å². The van der Waals surface area contributed by atoms with E-state index in [1.807, 2.05) is 32.9 Å². The first-order chi connectivity index (χ1) is 6.29. The average Bonchev–Trinajstić information content (AvgIpc) is 1.95. The number of hydrogen-bond donors (Lipinski definition) is 0. The van der Waals surface area contributed by atoms with Crippen molar-refractivity contribution in [3.05, 3.63) is 28.8 Å². The van der Waals surface area contributed by atoms with Gasteiger partial charge in [-0.05, 0) is 31.9 Å². The van der Waals surface area contributed by atoms with E-state index in [2.05, 4.69) is 0 Å². The molecule has 0 aliphatic carbocycles. The van der Waals surface area contributed by atoms with E-state index in [1.54, 1.807) is 0 Å². The minimum absolute atomic E-state index is 0.504. The van der Waals surface area contributed by atoms with Crippen LogP contribution in [-0.2, 0) is 4.57 Å². The average molecular weight is 253 g/mol. The summed E-state index contributed by atoms with van der Waals surface area (Å²) in [5.74, 6) is 0.504. The summed E-state index contributed by atoms with van der Waals surface area (Å²) < 4.78 is 16.1. The Morgan fingerprint density at radius 1 is 1.14 bits per heavy atom. The maximum Gasteiger partial charge on any atom is 0.428 e. The Bertz CT molecular complexity index is 375. The number of rotatable bonds is 2. The smallest absolute Gasteiger partial charge is 0.422 e. The van der Waals surface area contributed by atoms with Crippen molar-refractivity contribution in [3.8, 4) is 5.75 Å². The van der Waals surface area contributed by atoms with Gasteiger partial charge < -0.3 is 4.52 Å². The fraction of sp³-hybridized carbons (Fsp3) is 0.333. The van der Waals surface area contributed by atoms with E-state index in [4.69, 9.17) is 27.0 Å². The summed E-state index contributed by atoms with van der Waals surface area (Å²) in [6.45, 7) is 5.70. The van der Waals surface area contributed by atoms with Gasteiger partial charge >= 0.3 is 6.07 Å². The molecule has 0 spiro atoms. The lowest BCUT2D eigenvalue weighted by Crippen LogP contribution is -1.91. The molecule has 1 rings (SSSR count). The summed E-state index contributed by atoms with van der Waals surface area (Å²) in [6.07, 6.45) is -3.51. The van der Waals surface area contributed by atoms with Gasteiger partial charge in [-0.3, -0.25) is 0 Å². The fourth-order valence-electron chi connectivity index (χ4n) is 1.42. The minimum Gasteiger partial charge on any atom is -0.422 e. The molecule has 0 atom stereocenters. The molecule has 0 bridgehead atoms. The highest BCUT2D eigenvalue weighted by molar-refractivity contribution is 8.05. The van der Waals surface area contributed by atoms with Crippen LogP contribution in [0.2, 0.25) is 0 Å². The molecule has 1 aromatic carbocycles. The summed E-state index contributed by atoms with van der Waals surface area (Å²) in [5.41, 5.74) is 2.87. The molecule has 2 nitrogen and oxygen atoms in total. The highest BCUT2D eigenvalue weighted by Gasteiger charge is 2.18. The molecule has 0 saturated carbocycles. The van der Waals surface area contributed by atoms with Crippen LogP contribution in [0.15, 0.2) is 12.1 Å². The van der Waals surface area contributed by atoms with E-state index in [-0.39, 0.29) is 0 Å². The molecule has 0 N–H and O–H groups in total. The Morgan fingerprint density at radius 2 is 1.57 bits per heavy atom.